The maximum Gasteiger partial charge on any atom is 0.294 e. The van der Waals surface area contributed by atoms with Crippen LogP contribution in [0.3, 0.4) is 0 Å². The number of halogens is 1. The summed E-state index contributed by atoms with van der Waals surface area (Å²) in [6.45, 7) is 1.84. The molecular formula is C16H19FN4O5S. The monoisotopic (exact) mass is 398 g/mol. The van der Waals surface area contributed by atoms with Gasteiger partial charge in [-0.1, -0.05) is 17.7 Å². The number of hydrogen-bond donors (Lipinski definition) is 4. The first-order valence-corrected chi connectivity index (χ1v) is 8.75. The van der Waals surface area contributed by atoms with Gasteiger partial charge in [-0.15, -0.1) is 5.10 Å². The first-order chi connectivity index (χ1) is 12.7. The van der Waals surface area contributed by atoms with Crippen LogP contribution in [0.15, 0.2) is 57.6 Å². The fourth-order valence-electron chi connectivity index (χ4n) is 1.65. The van der Waals surface area contributed by atoms with Gasteiger partial charge in [-0.05, 0) is 42.8 Å². The summed E-state index contributed by atoms with van der Waals surface area (Å²) < 4.78 is 47.5. The van der Waals surface area contributed by atoms with Crippen molar-refractivity contribution in [2.75, 3.05) is 7.11 Å². The Balaban J connectivity index is 0.000000289. The predicted molar refractivity (Wildman–Crippen MR) is 98.1 cm³/mol. The number of benzene rings is 2. The lowest BCUT2D eigenvalue weighted by molar-refractivity contribution is 0.232. The summed E-state index contributed by atoms with van der Waals surface area (Å²) >= 11 is 0. The molecule has 2 rings (SSSR count). The van der Waals surface area contributed by atoms with Crippen molar-refractivity contribution < 1.29 is 27.3 Å². The van der Waals surface area contributed by atoms with E-state index in [2.05, 4.69) is 10.2 Å². The fraction of sp³-hybridized carbons (Fsp3) is 0.125. The molecule has 0 amide bonds. The molecule has 0 heterocycles. The van der Waals surface area contributed by atoms with Crippen LogP contribution < -0.4 is 16.0 Å². The number of rotatable bonds is 4. The maximum atomic E-state index is 13.2. The first-order valence-electron chi connectivity index (χ1n) is 7.31. The summed E-state index contributed by atoms with van der Waals surface area (Å²) in [6.07, 6.45) is 1.28. The van der Waals surface area contributed by atoms with E-state index < -0.39 is 15.9 Å². The van der Waals surface area contributed by atoms with Crippen molar-refractivity contribution in [3.05, 3.63) is 59.4 Å². The Morgan fingerprint density at radius 3 is 2.37 bits per heavy atom. The Kier molecular flexibility index (Phi) is 8.33. The quantitative estimate of drug-likeness (QED) is 0.265. The lowest BCUT2D eigenvalue weighted by atomic mass is 10.2. The van der Waals surface area contributed by atoms with Gasteiger partial charge >= 0.3 is 0 Å². The molecule has 27 heavy (non-hydrogen) atoms. The molecule has 9 nitrogen and oxygen atoms in total. The number of hydrogen-bond acceptors (Lipinski definition) is 6. The standard InChI is InChI=1S/C9H11FN4O2.C7H8O3S/c1-16-8-3-2-6(4-7(8)10)5-12-13-9(11)14-15;1-6-2-4-7(5-3-6)11(8,9)10/h2-5,15H,1H3,(H3,11,13,14);2-5H,1H3,(H,8,9,10)/b12-5+;. The third-order valence-electron chi connectivity index (χ3n) is 2.98. The lowest BCUT2D eigenvalue weighted by Gasteiger charge is -2.01. The van der Waals surface area contributed by atoms with Gasteiger partial charge in [-0.3, -0.25) is 9.76 Å². The Bertz CT molecular complexity index is 915. The van der Waals surface area contributed by atoms with Gasteiger partial charge in [0.15, 0.2) is 11.6 Å². The van der Waals surface area contributed by atoms with Crippen LogP contribution in [-0.2, 0) is 10.1 Å². The van der Waals surface area contributed by atoms with Crippen molar-refractivity contribution in [2.45, 2.75) is 11.8 Å². The zero-order chi connectivity index (χ0) is 20.4. The summed E-state index contributed by atoms with van der Waals surface area (Å²) in [5, 5.41) is 15.2. The molecule has 0 aliphatic heterocycles. The molecule has 0 aromatic heterocycles. The van der Waals surface area contributed by atoms with Gasteiger partial charge in [0.05, 0.1) is 18.2 Å². The van der Waals surface area contributed by atoms with Gasteiger partial charge in [0.1, 0.15) is 0 Å². The predicted octanol–water partition coefficient (Wildman–Crippen LogP) is 1.70. The maximum absolute atomic E-state index is 13.2. The normalized spacial score (nSPS) is 11.7. The van der Waals surface area contributed by atoms with Crippen LogP contribution in [-0.4, -0.2) is 37.5 Å². The van der Waals surface area contributed by atoms with E-state index in [4.69, 9.17) is 20.2 Å². The van der Waals surface area contributed by atoms with Crippen LogP contribution in [0.5, 0.6) is 5.75 Å². The summed E-state index contributed by atoms with van der Waals surface area (Å²) in [5.41, 5.74) is 8.14. The molecule has 0 saturated carbocycles. The highest BCUT2D eigenvalue weighted by atomic mass is 32.2. The number of ether oxygens (including phenoxy) is 1. The van der Waals surface area contributed by atoms with E-state index in [0.717, 1.165) is 5.56 Å². The highest BCUT2D eigenvalue weighted by Gasteiger charge is 2.06. The van der Waals surface area contributed by atoms with Gasteiger partial charge in [-0.25, -0.2) is 9.87 Å². The van der Waals surface area contributed by atoms with E-state index in [0.29, 0.717) is 5.56 Å². The number of methoxy groups -OCH3 is 1. The fourth-order valence-corrected chi connectivity index (χ4v) is 2.13. The minimum absolute atomic E-state index is 0.0666. The van der Waals surface area contributed by atoms with Gasteiger partial charge in [0, 0.05) is 0 Å². The van der Waals surface area contributed by atoms with Crippen molar-refractivity contribution in [1.82, 2.24) is 5.48 Å². The smallest absolute Gasteiger partial charge is 0.294 e. The Hall–Kier alpha value is -3.02. The molecule has 0 aliphatic carbocycles. The third kappa shape index (κ3) is 7.81. The Morgan fingerprint density at radius 2 is 1.89 bits per heavy atom. The molecule has 0 aliphatic rings. The molecular weight excluding hydrogens is 379 g/mol. The second-order valence-electron chi connectivity index (χ2n) is 5.02. The van der Waals surface area contributed by atoms with Gasteiger partial charge in [0.25, 0.3) is 10.1 Å². The van der Waals surface area contributed by atoms with Gasteiger partial charge in [0.2, 0.25) is 5.96 Å². The Morgan fingerprint density at radius 1 is 1.26 bits per heavy atom. The highest BCUT2D eigenvalue weighted by Crippen LogP contribution is 2.16. The molecule has 5 N–H and O–H groups in total. The molecule has 0 radical (unpaired) electrons. The van der Waals surface area contributed by atoms with Crippen molar-refractivity contribution >= 4 is 22.3 Å². The molecule has 0 atom stereocenters. The average molecular weight is 398 g/mol. The number of hydroxylamine groups is 1. The van der Waals surface area contributed by atoms with Crippen molar-refractivity contribution in [3.8, 4) is 5.75 Å². The van der Waals surface area contributed by atoms with Crippen LogP contribution in [0.1, 0.15) is 11.1 Å². The number of nitrogens with one attached hydrogen (secondary N) is 1. The average Bonchev–Trinajstić information content (AvgIpc) is 2.62. The second kappa shape index (κ2) is 10.2. The van der Waals surface area contributed by atoms with Crippen molar-refractivity contribution in [3.63, 3.8) is 0 Å². The van der Waals surface area contributed by atoms with E-state index in [9.17, 15) is 12.8 Å². The zero-order valence-corrected chi connectivity index (χ0v) is 15.3. The second-order valence-corrected chi connectivity index (χ2v) is 6.45. The van der Waals surface area contributed by atoms with Crippen molar-refractivity contribution in [2.24, 2.45) is 15.9 Å². The molecule has 2 aromatic rings. The first kappa shape index (κ1) is 22.0. The topological polar surface area (TPSA) is 147 Å². The SMILES string of the molecule is COc1ccc(/C=N/N=C(N)NO)cc1F.Cc1ccc(S(=O)(=O)O)cc1. The van der Waals surface area contributed by atoms with Crippen LogP contribution in [0.2, 0.25) is 0 Å². The number of aryl methyl sites for hydroxylation is 1. The van der Waals surface area contributed by atoms with Gasteiger partial charge in [-0.2, -0.15) is 13.5 Å². The Labute approximate surface area is 155 Å². The molecule has 0 saturated heterocycles. The lowest BCUT2D eigenvalue weighted by Crippen LogP contribution is -2.27. The van der Waals surface area contributed by atoms with Crippen LogP contribution >= 0.6 is 0 Å². The minimum Gasteiger partial charge on any atom is -0.494 e. The van der Waals surface area contributed by atoms with Crippen LogP contribution in [0.25, 0.3) is 0 Å². The summed E-state index contributed by atoms with van der Waals surface area (Å²) in [6, 6.07) is 10.3. The van der Waals surface area contributed by atoms with Crippen LogP contribution in [0, 0.1) is 12.7 Å². The molecule has 0 fully saturated rings. The van der Waals surface area contributed by atoms with E-state index in [-0.39, 0.29) is 16.6 Å². The summed E-state index contributed by atoms with van der Waals surface area (Å²) in [4.78, 5) is -0.0666. The summed E-state index contributed by atoms with van der Waals surface area (Å²) in [5.74, 6) is -0.605. The molecule has 0 spiro atoms. The number of guanidine groups is 1. The molecule has 0 unspecified atom stereocenters. The van der Waals surface area contributed by atoms with E-state index >= 15 is 0 Å². The molecule has 0 bridgehead atoms. The van der Waals surface area contributed by atoms with Crippen LogP contribution in [0.4, 0.5) is 4.39 Å². The van der Waals surface area contributed by atoms with E-state index in [1.54, 1.807) is 23.7 Å². The zero-order valence-electron chi connectivity index (χ0n) is 14.5. The largest absolute Gasteiger partial charge is 0.494 e. The van der Waals surface area contributed by atoms with E-state index in [1.165, 1.54) is 37.6 Å². The summed E-state index contributed by atoms with van der Waals surface area (Å²) in [7, 11) is -2.64. The molecule has 2 aromatic carbocycles. The van der Waals surface area contributed by atoms with Gasteiger partial charge < -0.3 is 10.5 Å². The molecule has 11 heteroatoms. The highest BCUT2D eigenvalue weighted by molar-refractivity contribution is 7.85. The molecule has 146 valence electrons. The number of nitrogens with zero attached hydrogens (tertiary/aromatic N) is 2. The third-order valence-corrected chi connectivity index (χ3v) is 3.85. The van der Waals surface area contributed by atoms with Crippen molar-refractivity contribution in [1.29, 1.82) is 0 Å². The van der Waals surface area contributed by atoms with E-state index in [1.807, 2.05) is 6.92 Å². The minimum atomic E-state index is -4.02. The number of nitrogens with two attached hydrogens (primary N) is 1.